The summed E-state index contributed by atoms with van der Waals surface area (Å²) in [6, 6.07) is 11.6. The Balaban J connectivity index is 1.64. The van der Waals surface area contributed by atoms with E-state index < -0.39 is 10.0 Å². The molecule has 0 saturated carbocycles. The van der Waals surface area contributed by atoms with E-state index in [0.29, 0.717) is 12.8 Å². The largest absolute Gasteiger partial charge is 0.507 e. The van der Waals surface area contributed by atoms with Crippen LogP contribution in [0.2, 0.25) is 0 Å². The fourth-order valence-corrected chi connectivity index (χ4v) is 4.14. The molecule has 23 heavy (non-hydrogen) atoms. The van der Waals surface area contributed by atoms with Gasteiger partial charge in [0, 0.05) is 25.3 Å². The van der Waals surface area contributed by atoms with Crippen molar-refractivity contribution in [3.63, 3.8) is 0 Å². The minimum Gasteiger partial charge on any atom is -0.507 e. The molecule has 1 fully saturated rings. The first-order valence-corrected chi connectivity index (χ1v) is 9.01. The molecule has 0 amide bonds. The summed E-state index contributed by atoms with van der Waals surface area (Å²) in [5, 5.41) is 9.73. The summed E-state index contributed by atoms with van der Waals surface area (Å²) in [6.07, 6.45) is 3.15. The van der Waals surface area contributed by atoms with Crippen LogP contribution in [0.4, 0.5) is 5.82 Å². The third kappa shape index (κ3) is 3.62. The monoisotopic (exact) mass is 333 g/mol. The number of aromatic hydroxyl groups is 1. The Bertz CT molecular complexity index is 757. The first-order chi connectivity index (χ1) is 11.1. The van der Waals surface area contributed by atoms with Gasteiger partial charge in [0.2, 0.25) is 10.0 Å². The number of pyridine rings is 1. The van der Waals surface area contributed by atoms with Gasteiger partial charge in [-0.15, -0.1) is 0 Å². The first kappa shape index (κ1) is 15.8. The highest BCUT2D eigenvalue weighted by Gasteiger charge is 2.26. The SMILES string of the molecule is O=S(=O)(NC1CCN(c2ccccn2)CC1)c1ccccc1O. The fraction of sp³-hybridized carbons (Fsp3) is 0.312. The smallest absolute Gasteiger partial charge is 0.244 e. The minimum atomic E-state index is -3.71. The Morgan fingerprint density at radius 1 is 1.09 bits per heavy atom. The van der Waals surface area contributed by atoms with Gasteiger partial charge in [-0.1, -0.05) is 18.2 Å². The van der Waals surface area contributed by atoms with Crippen LogP contribution < -0.4 is 9.62 Å². The molecule has 0 spiro atoms. The van der Waals surface area contributed by atoms with Crippen LogP contribution in [0, 0.1) is 0 Å². The predicted octanol–water partition coefficient (Wildman–Crippen LogP) is 1.73. The summed E-state index contributed by atoms with van der Waals surface area (Å²) in [5.41, 5.74) is 0. The van der Waals surface area contributed by atoms with E-state index in [9.17, 15) is 13.5 Å². The van der Waals surface area contributed by atoms with Gasteiger partial charge < -0.3 is 10.0 Å². The van der Waals surface area contributed by atoms with E-state index in [4.69, 9.17) is 0 Å². The number of piperidine rings is 1. The molecule has 0 atom stereocenters. The van der Waals surface area contributed by atoms with E-state index in [-0.39, 0.29) is 16.7 Å². The summed E-state index contributed by atoms with van der Waals surface area (Å²) in [7, 11) is -3.71. The number of nitrogens with zero attached hydrogens (tertiary/aromatic N) is 2. The van der Waals surface area contributed by atoms with Crippen molar-refractivity contribution < 1.29 is 13.5 Å². The normalized spacial score (nSPS) is 16.4. The molecule has 1 aromatic heterocycles. The van der Waals surface area contributed by atoms with E-state index >= 15 is 0 Å². The van der Waals surface area contributed by atoms with Gasteiger partial charge in [-0.2, -0.15) is 0 Å². The molecule has 122 valence electrons. The van der Waals surface area contributed by atoms with Crippen molar-refractivity contribution in [1.82, 2.24) is 9.71 Å². The molecule has 1 aliphatic rings. The number of phenolic OH excluding ortho intramolecular Hbond substituents is 1. The molecule has 1 aromatic carbocycles. The molecule has 3 rings (SSSR count). The predicted molar refractivity (Wildman–Crippen MR) is 87.9 cm³/mol. The fourth-order valence-electron chi connectivity index (χ4n) is 2.73. The topological polar surface area (TPSA) is 82.5 Å². The molecule has 0 aliphatic carbocycles. The second-order valence-electron chi connectivity index (χ2n) is 5.54. The Hall–Kier alpha value is -2.12. The van der Waals surface area contributed by atoms with Crippen LogP contribution in [-0.4, -0.2) is 37.6 Å². The lowest BCUT2D eigenvalue weighted by Crippen LogP contribution is -2.44. The first-order valence-electron chi connectivity index (χ1n) is 7.52. The molecule has 1 saturated heterocycles. The number of hydrogen-bond donors (Lipinski definition) is 2. The number of sulfonamides is 1. The van der Waals surface area contributed by atoms with E-state index in [1.807, 2.05) is 18.2 Å². The van der Waals surface area contributed by atoms with Crippen LogP contribution in [0.5, 0.6) is 5.75 Å². The molecule has 2 N–H and O–H groups in total. The maximum absolute atomic E-state index is 12.4. The summed E-state index contributed by atoms with van der Waals surface area (Å²) in [6.45, 7) is 1.48. The van der Waals surface area contributed by atoms with Crippen LogP contribution in [0.25, 0.3) is 0 Å². The Labute approximate surface area is 135 Å². The highest BCUT2D eigenvalue weighted by Crippen LogP contribution is 2.23. The van der Waals surface area contributed by atoms with Gasteiger partial charge in [-0.05, 0) is 37.1 Å². The molecule has 7 heteroatoms. The van der Waals surface area contributed by atoms with Crippen molar-refractivity contribution in [3.05, 3.63) is 48.7 Å². The summed E-state index contributed by atoms with van der Waals surface area (Å²) >= 11 is 0. The quantitative estimate of drug-likeness (QED) is 0.890. The van der Waals surface area contributed by atoms with Crippen LogP contribution in [-0.2, 0) is 10.0 Å². The maximum atomic E-state index is 12.4. The molecule has 2 heterocycles. The van der Waals surface area contributed by atoms with Crippen LogP contribution in [0.15, 0.2) is 53.6 Å². The van der Waals surface area contributed by atoms with Crippen LogP contribution in [0.1, 0.15) is 12.8 Å². The maximum Gasteiger partial charge on any atom is 0.244 e. The number of aromatic nitrogens is 1. The van der Waals surface area contributed by atoms with Crippen molar-refractivity contribution in [3.8, 4) is 5.75 Å². The molecule has 1 aliphatic heterocycles. The molecular formula is C16H19N3O3S. The van der Waals surface area contributed by atoms with Gasteiger partial charge in [-0.3, -0.25) is 0 Å². The van der Waals surface area contributed by atoms with Crippen LogP contribution >= 0.6 is 0 Å². The molecular weight excluding hydrogens is 314 g/mol. The van der Waals surface area contributed by atoms with Gasteiger partial charge in [0.1, 0.15) is 16.5 Å². The van der Waals surface area contributed by atoms with E-state index in [0.717, 1.165) is 18.9 Å². The zero-order valence-corrected chi connectivity index (χ0v) is 13.4. The van der Waals surface area contributed by atoms with E-state index in [2.05, 4.69) is 14.6 Å². The number of nitrogens with one attached hydrogen (secondary N) is 1. The summed E-state index contributed by atoms with van der Waals surface area (Å²) in [4.78, 5) is 6.38. The van der Waals surface area contributed by atoms with Crippen molar-refractivity contribution in [1.29, 1.82) is 0 Å². The van der Waals surface area contributed by atoms with Crippen molar-refractivity contribution in [2.24, 2.45) is 0 Å². The Kier molecular flexibility index (Phi) is 4.49. The third-order valence-electron chi connectivity index (χ3n) is 3.94. The average Bonchev–Trinajstić information content (AvgIpc) is 2.56. The van der Waals surface area contributed by atoms with E-state index in [1.54, 1.807) is 18.3 Å². The van der Waals surface area contributed by atoms with Crippen molar-refractivity contribution in [2.45, 2.75) is 23.8 Å². The molecule has 0 unspecified atom stereocenters. The molecule has 0 bridgehead atoms. The van der Waals surface area contributed by atoms with Gasteiger partial charge >= 0.3 is 0 Å². The molecule has 2 aromatic rings. The van der Waals surface area contributed by atoms with Crippen molar-refractivity contribution >= 4 is 15.8 Å². The highest BCUT2D eigenvalue weighted by atomic mass is 32.2. The van der Waals surface area contributed by atoms with Crippen LogP contribution in [0.3, 0.4) is 0 Å². The molecule has 6 nitrogen and oxygen atoms in total. The highest BCUT2D eigenvalue weighted by molar-refractivity contribution is 7.89. The summed E-state index contributed by atoms with van der Waals surface area (Å²) < 4.78 is 27.4. The lowest BCUT2D eigenvalue weighted by Gasteiger charge is -2.33. The van der Waals surface area contributed by atoms with Gasteiger partial charge in [-0.25, -0.2) is 18.1 Å². The third-order valence-corrected chi connectivity index (χ3v) is 5.51. The second-order valence-corrected chi connectivity index (χ2v) is 7.22. The number of para-hydroxylation sites is 1. The minimum absolute atomic E-state index is 0.0767. The Morgan fingerprint density at radius 3 is 2.43 bits per heavy atom. The zero-order valence-electron chi connectivity index (χ0n) is 12.6. The Morgan fingerprint density at radius 2 is 1.78 bits per heavy atom. The van der Waals surface area contributed by atoms with E-state index in [1.165, 1.54) is 12.1 Å². The standard InChI is InChI=1S/C16H19N3O3S/c20-14-5-1-2-6-15(14)23(21,22)18-13-8-11-19(12-9-13)16-7-3-4-10-17-16/h1-7,10,13,18,20H,8-9,11-12H2. The number of phenols is 1. The number of rotatable bonds is 4. The average molecular weight is 333 g/mol. The number of anilines is 1. The van der Waals surface area contributed by atoms with Crippen molar-refractivity contribution in [2.75, 3.05) is 18.0 Å². The van der Waals surface area contributed by atoms with Gasteiger partial charge in [0.05, 0.1) is 0 Å². The number of hydrogen-bond acceptors (Lipinski definition) is 5. The number of benzene rings is 1. The summed E-state index contributed by atoms with van der Waals surface area (Å²) in [5.74, 6) is 0.681. The lowest BCUT2D eigenvalue weighted by molar-refractivity contribution is 0.445. The van der Waals surface area contributed by atoms with Gasteiger partial charge in [0.15, 0.2) is 0 Å². The zero-order chi connectivity index (χ0) is 16.3. The van der Waals surface area contributed by atoms with Gasteiger partial charge in [0.25, 0.3) is 0 Å². The second kappa shape index (κ2) is 6.55. The lowest BCUT2D eigenvalue weighted by atomic mass is 10.1. The molecule has 0 radical (unpaired) electrons.